The number of benzene rings is 2. The molecule has 1 N–H and O–H groups in total. The number of carbonyl (C=O) groups is 1. The summed E-state index contributed by atoms with van der Waals surface area (Å²) in [5.41, 5.74) is 0.298. The third kappa shape index (κ3) is 3.76. The van der Waals surface area contributed by atoms with E-state index in [1.54, 1.807) is 0 Å². The van der Waals surface area contributed by atoms with Gasteiger partial charge in [0.2, 0.25) is 0 Å². The van der Waals surface area contributed by atoms with Gasteiger partial charge in [-0.1, -0.05) is 34.8 Å². The van der Waals surface area contributed by atoms with E-state index in [-0.39, 0.29) is 15.8 Å². The van der Waals surface area contributed by atoms with Gasteiger partial charge in [0.05, 0.1) is 10.0 Å². The van der Waals surface area contributed by atoms with Crippen molar-refractivity contribution < 1.29 is 13.9 Å². The zero-order chi connectivity index (χ0) is 14.7. The van der Waals surface area contributed by atoms with Gasteiger partial charge in [-0.05, 0) is 36.4 Å². The van der Waals surface area contributed by atoms with E-state index in [0.717, 1.165) is 6.07 Å². The first-order chi connectivity index (χ1) is 9.45. The minimum Gasteiger partial charge on any atom is -0.409 e. The molecule has 0 fully saturated rings. The number of halogens is 4. The average molecular weight is 335 g/mol. The van der Waals surface area contributed by atoms with Gasteiger partial charge in [-0.3, -0.25) is 5.32 Å². The number of hydrogen-bond donors (Lipinski definition) is 1. The maximum absolute atomic E-state index is 13.0. The van der Waals surface area contributed by atoms with Crippen LogP contribution in [0.15, 0.2) is 36.4 Å². The van der Waals surface area contributed by atoms with Crippen LogP contribution in [0.4, 0.5) is 14.9 Å². The lowest BCUT2D eigenvalue weighted by Gasteiger charge is -2.08. The fourth-order valence-electron chi connectivity index (χ4n) is 1.38. The zero-order valence-electron chi connectivity index (χ0n) is 9.79. The monoisotopic (exact) mass is 333 g/mol. The number of amides is 1. The van der Waals surface area contributed by atoms with E-state index >= 15 is 0 Å². The largest absolute Gasteiger partial charge is 0.417 e. The van der Waals surface area contributed by atoms with E-state index in [2.05, 4.69) is 5.32 Å². The summed E-state index contributed by atoms with van der Waals surface area (Å²) in [6.07, 6.45) is -0.781. The first-order valence-corrected chi connectivity index (χ1v) is 6.48. The van der Waals surface area contributed by atoms with Gasteiger partial charge < -0.3 is 4.74 Å². The van der Waals surface area contributed by atoms with Gasteiger partial charge in [0.25, 0.3) is 0 Å². The lowest BCUT2D eigenvalue weighted by molar-refractivity contribution is 0.215. The van der Waals surface area contributed by atoms with Gasteiger partial charge in [-0.2, -0.15) is 0 Å². The highest BCUT2D eigenvalue weighted by Gasteiger charge is 2.10. The molecule has 0 radical (unpaired) electrons. The van der Waals surface area contributed by atoms with Crippen molar-refractivity contribution >= 4 is 46.6 Å². The van der Waals surface area contributed by atoms with Crippen molar-refractivity contribution in [1.82, 2.24) is 0 Å². The van der Waals surface area contributed by atoms with Crippen LogP contribution in [-0.4, -0.2) is 6.09 Å². The summed E-state index contributed by atoms with van der Waals surface area (Å²) >= 11 is 17.2. The summed E-state index contributed by atoms with van der Waals surface area (Å²) in [4.78, 5) is 11.7. The molecule has 0 atom stereocenters. The minimum absolute atomic E-state index is 0.104. The van der Waals surface area contributed by atoms with Crippen molar-refractivity contribution in [2.24, 2.45) is 0 Å². The van der Waals surface area contributed by atoms with Crippen LogP contribution in [-0.2, 0) is 0 Å². The number of rotatable bonds is 2. The van der Waals surface area contributed by atoms with Crippen molar-refractivity contribution in [3.8, 4) is 5.75 Å². The van der Waals surface area contributed by atoms with Crippen molar-refractivity contribution in [1.29, 1.82) is 0 Å². The van der Waals surface area contributed by atoms with E-state index < -0.39 is 11.9 Å². The molecule has 2 aromatic carbocycles. The van der Waals surface area contributed by atoms with Crippen LogP contribution < -0.4 is 10.1 Å². The Labute approximate surface area is 129 Å². The second-order valence-electron chi connectivity index (χ2n) is 3.72. The van der Waals surface area contributed by atoms with Crippen LogP contribution in [0.2, 0.25) is 15.1 Å². The molecule has 2 aromatic rings. The summed E-state index contributed by atoms with van der Waals surface area (Å²) in [6, 6.07) is 8.19. The van der Waals surface area contributed by atoms with E-state index in [1.807, 2.05) is 0 Å². The Morgan fingerprint density at radius 3 is 2.45 bits per heavy atom. The Kier molecular flexibility index (Phi) is 4.70. The lowest BCUT2D eigenvalue weighted by Crippen LogP contribution is -2.16. The van der Waals surface area contributed by atoms with Crippen molar-refractivity contribution in [2.75, 3.05) is 5.32 Å². The fourth-order valence-corrected chi connectivity index (χ4v) is 2.00. The van der Waals surface area contributed by atoms with E-state index in [0.29, 0.717) is 10.7 Å². The zero-order valence-corrected chi connectivity index (χ0v) is 12.1. The second kappa shape index (κ2) is 6.31. The standard InChI is InChI=1S/C13H7Cl3FNO2/c14-7-1-4-12(10(16)5-7)20-13(19)18-8-2-3-11(17)9(15)6-8/h1-6H,(H,18,19). The SMILES string of the molecule is O=C(Nc1ccc(F)c(Cl)c1)Oc1ccc(Cl)cc1Cl. The number of anilines is 1. The molecule has 2 rings (SSSR count). The first-order valence-electron chi connectivity index (χ1n) is 5.34. The topological polar surface area (TPSA) is 38.3 Å². The molecule has 0 unspecified atom stereocenters. The van der Waals surface area contributed by atoms with Crippen LogP contribution in [0.5, 0.6) is 5.75 Å². The maximum atomic E-state index is 13.0. The normalized spacial score (nSPS) is 10.2. The average Bonchev–Trinajstić information content (AvgIpc) is 2.37. The molecule has 0 spiro atoms. The Balaban J connectivity index is 2.07. The molecule has 0 bridgehead atoms. The van der Waals surface area contributed by atoms with Crippen molar-refractivity contribution in [3.05, 3.63) is 57.3 Å². The fraction of sp³-hybridized carbons (Fsp3) is 0. The molecule has 7 heteroatoms. The van der Waals surface area contributed by atoms with Crippen LogP contribution in [0, 0.1) is 5.82 Å². The highest BCUT2D eigenvalue weighted by molar-refractivity contribution is 6.35. The predicted octanol–water partition coefficient (Wildman–Crippen LogP) is 5.40. The van der Waals surface area contributed by atoms with Crippen LogP contribution in [0.3, 0.4) is 0 Å². The summed E-state index contributed by atoms with van der Waals surface area (Å²) in [5.74, 6) is -0.423. The molecule has 0 saturated heterocycles. The van der Waals surface area contributed by atoms with Crippen LogP contribution in [0.1, 0.15) is 0 Å². The Bertz CT molecular complexity index is 664. The molecule has 0 saturated carbocycles. The van der Waals surface area contributed by atoms with E-state index in [9.17, 15) is 9.18 Å². The molecule has 20 heavy (non-hydrogen) atoms. The molecule has 0 aliphatic carbocycles. The van der Waals surface area contributed by atoms with E-state index in [4.69, 9.17) is 39.5 Å². The predicted molar refractivity (Wildman–Crippen MR) is 77.5 cm³/mol. The molecule has 0 aromatic heterocycles. The maximum Gasteiger partial charge on any atom is 0.417 e. The molecule has 0 heterocycles. The van der Waals surface area contributed by atoms with Crippen LogP contribution in [0.25, 0.3) is 0 Å². The third-order valence-electron chi connectivity index (χ3n) is 2.26. The molecule has 1 amide bonds. The number of nitrogens with one attached hydrogen (secondary N) is 1. The minimum atomic E-state index is -0.781. The summed E-state index contributed by atoms with van der Waals surface area (Å²) in [7, 11) is 0. The van der Waals surface area contributed by atoms with Gasteiger partial charge >= 0.3 is 6.09 Å². The van der Waals surface area contributed by atoms with Gasteiger partial charge in [0.1, 0.15) is 5.82 Å². The number of carbonyl (C=O) groups excluding carboxylic acids is 1. The first kappa shape index (κ1) is 14.9. The molecule has 104 valence electrons. The molecule has 0 aliphatic heterocycles. The Morgan fingerprint density at radius 1 is 1.05 bits per heavy atom. The number of hydrogen-bond acceptors (Lipinski definition) is 2. The van der Waals surface area contributed by atoms with Gasteiger partial charge in [0.15, 0.2) is 5.75 Å². The molecule has 3 nitrogen and oxygen atoms in total. The van der Waals surface area contributed by atoms with Gasteiger partial charge in [-0.15, -0.1) is 0 Å². The lowest BCUT2D eigenvalue weighted by atomic mass is 10.3. The highest BCUT2D eigenvalue weighted by Crippen LogP contribution is 2.28. The Morgan fingerprint density at radius 2 is 1.80 bits per heavy atom. The quantitative estimate of drug-likeness (QED) is 0.799. The number of ether oxygens (including phenoxy) is 1. The highest BCUT2D eigenvalue weighted by atomic mass is 35.5. The smallest absolute Gasteiger partial charge is 0.409 e. The molecular weight excluding hydrogens is 328 g/mol. The molecule has 0 aliphatic rings. The van der Waals surface area contributed by atoms with Gasteiger partial charge in [0, 0.05) is 10.7 Å². The molecular formula is C13H7Cl3FNO2. The summed E-state index contributed by atoms with van der Waals surface area (Å²) in [5, 5.41) is 2.92. The van der Waals surface area contributed by atoms with Crippen molar-refractivity contribution in [3.63, 3.8) is 0 Å². The third-order valence-corrected chi connectivity index (χ3v) is 3.08. The summed E-state index contributed by atoms with van der Waals surface area (Å²) < 4.78 is 18.0. The van der Waals surface area contributed by atoms with Crippen LogP contribution >= 0.6 is 34.8 Å². The van der Waals surface area contributed by atoms with Crippen molar-refractivity contribution in [2.45, 2.75) is 0 Å². The van der Waals surface area contributed by atoms with E-state index in [1.165, 1.54) is 30.3 Å². The Hall–Kier alpha value is -1.49. The summed E-state index contributed by atoms with van der Waals surface area (Å²) in [6.45, 7) is 0. The van der Waals surface area contributed by atoms with Gasteiger partial charge in [-0.25, -0.2) is 9.18 Å². The second-order valence-corrected chi connectivity index (χ2v) is 4.97.